The molecular weight excluding hydrogens is 374 g/mol. The fourth-order valence-electron chi connectivity index (χ4n) is 3.62. The second-order valence-corrected chi connectivity index (χ2v) is 8.56. The van der Waals surface area contributed by atoms with Crippen LogP contribution in [0.25, 0.3) is 0 Å². The maximum Gasteiger partial charge on any atom is 0.306 e. The van der Waals surface area contributed by atoms with Crippen LogP contribution in [0.1, 0.15) is 25.7 Å². The number of primary sulfonamides is 1. The van der Waals surface area contributed by atoms with Crippen LogP contribution in [0, 0.1) is 11.8 Å². The average molecular weight is 395 g/mol. The SMILES string of the molecule is NS(=O)(=O)c1cccc(N2CC(C(=O)N[C@H]3CC[C@@H](C(=O)O)C3)CC2=O)c1. The van der Waals surface area contributed by atoms with Gasteiger partial charge in [0.2, 0.25) is 21.8 Å². The minimum absolute atomic E-state index is 0.0144. The van der Waals surface area contributed by atoms with Gasteiger partial charge in [-0.25, -0.2) is 13.6 Å². The Morgan fingerprint density at radius 1 is 1.22 bits per heavy atom. The molecule has 2 amide bonds. The number of aliphatic carboxylic acids is 1. The third kappa shape index (κ3) is 4.28. The predicted molar refractivity (Wildman–Crippen MR) is 95.2 cm³/mol. The highest BCUT2D eigenvalue weighted by atomic mass is 32.2. The van der Waals surface area contributed by atoms with Crippen LogP contribution in [0.15, 0.2) is 29.2 Å². The molecule has 2 aliphatic rings. The van der Waals surface area contributed by atoms with E-state index in [-0.39, 0.29) is 35.7 Å². The molecule has 1 saturated carbocycles. The first-order valence-electron chi connectivity index (χ1n) is 8.61. The molecule has 1 heterocycles. The fourth-order valence-corrected chi connectivity index (χ4v) is 4.17. The van der Waals surface area contributed by atoms with Crippen LogP contribution < -0.4 is 15.4 Å². The van der Waals surface area contributed by atoms with Crippen molar-refractivity contribution in [2.24, 2.45) is 17.0 Å². The topological polar surface area (TPSA) is 147 Å². The van der Waals surface area contributed by atoms with Crippen LogP contribution in [0.3, 0.4) is 0 Å². The quantitative estimate of drug-likeness (QED) is 0.642. The summed E-state index contributed by atoms with van der Waals surface area (Å²) in [5.41, 5.74) is 0.369. The molecule has 3 rings (SSSR count). The van der Waals surface area contributed by atoms with E-state index in [0.29, 0.717) is 24.9 Å². The lowest BCUT2D eigenvalue weighted by atomic mass is 10.1. The minimum Gasteiger partial charge on any atom is -0.481 e. The number of nitrogens with zero attached hydrogens (tertiary/aromatic N) is 1. The molecule has 1 aromatic rings. The highest BCUT2D eigenvalue weighted by Gasteiger charge is 2.37. The molecule has 0 radical (unpaired) electrons. The van der Waals surface area contributed by atoms with Gasteiger partial charge in [0.05, 0.1) is 16.7 Å². The monoisotopic (exact) mass is 395 g/mol. The number of amides is 2. The highest BCUT2D eigenvalue weighted by Crippen LogP contribution is 2.29. The second-order valence-electron chi connectivity index (χ2n) is 7.00. The molecule has 9 nitrogen and oxygen atoms in total. The number of nitrogens with one attached hydrogen (secondary N) is 1. The number of carbonyl (C=O) groups excluding carboxylic acids is 2. The zero-order chi connectivity index (χ0) is 19.8. The lowest BCUT2D eigenvalue weighted by Gasteiger charge is -2.18. The Morgan fingerprint density at radius 3 is 2.59 bits per heavy atom. The van der Waals surface area contributed by atoms with Gasteiger partial charge in [0.1, 0.15) is 0 Å². The number of carboxylic acids is 1. The normalized spacial score (nSPS) is 25.6. The molecule has 4 N–H and O–H groups in total. The van der Waals surface area contributed by atoms with Crippen molar-refractivity contribution in [3.8, 4) is 0 Å². The smallest absolute Gasteiger partial charge is 0.306 e. The van der Waals surface area contributed by atoms with E-state index < -0.39 is 27.8 Å². The van der Waals surface area contributed by atoms with Gasteiger partial charge < -0.3 is 15.3 Å². The van der Waals surface area contributed by atoms with Gasteiger partial charge in [-0.3, -0.25) is 14.4 Å². The molecule has 1 unspecified atom stereocenters. The van der Waals surface area contributed by atoms with Crippen molar-refractivity contribution in [2.75, 3.05) is 11.4 Å². The van der Waals surface area contributed by atoms with Crippen LogP contribution in [-0.2, 0) is 24.4 Å². The highest BCUT2D eigenvalue weighted by molar-refractivity contribution is 7.89. The largest absolute Gasteiger partial charge is 0.481 e. The van der Waals surface area contributed by atoms with Crippen molar-refractivity contribution in [1.82, 2.24) is 5.32 Å². The van der Waals surface area contributed by atoms with Crippen LogP contribution in [-0.4, -0.2) is 43.9 Å². The van der Waals surface area contributed by atoms with Crippen LogP contribution in [0.2, 0.25) is 0 Å². The zero-order valence-corrected chi connectivity index (χ0v) is 15.3. The molecule has 1 aliphatic heterocycles. The van der Waals surface area contributed by atoms with E-state index in [9.17, 15) is 22.8 Å². The third-order valence-corrected chi connectivity index (χ3v) is 5.99. The Labute approximate surface area is 156 Å². The van der Waals surface area contributed by atoms with Gasteiger partial charge in [-0.2, -0.15) is 0 Å². The average Bonchev–Trinajstić information content (AvgIpc) is 3.21. The number of carbonyl (C=O) groups is 3. The van der Waals surface area contributed by atoms with E-state index in [1.54, 1.807) is 6.07 Å². The molecule has 0 spiro atoms. The molecule has 3 atom stereocenters. The summed E-state index contributed by atoms with van der Waals surface area (Å²) in [7, 11) is -3.90. The summed E-state index contributed by atoms with van der Waals surface area (Å²) in [5, 5.41) is 17.0. The summed E-state index contributed by atoms with van der Waals surface area (Å²) in [6, 6.07) is 5.51. The van der Waals surface area contributed by atoms with Crippen molar-refractivity contribution in [3.05, 3.63) is 24.3 Å². The Morgan fingerprint density at radius 2 is 1.96 bits per heavy atom. The second kappa shape index (κ2) is 7.28. The van der Waals surface area contributed by atoms with Gasteiger partial charge in [0.25, 0.3) is 0 Å². The fraction of sp³-hybridized carbons (Fsp3) is 0.471. The van der Waals surface area contributed by atoms with Gasteiger partial charge in [-0.1, -0.05) is 6.07 Å². The van der Waals surface area contributed by atoms with Gasteiger partial charge in [0.15, 0.2) is 0 Å². The van der Waals surface area contributed by atoms with E-state index >= 15 is 0 Å². The molecule has 1 aromatic carbocycles. The molecule has 10 heteroatoms. The van der Waals surface area contributed by atoms with Crippen LogP contribution >= 0.6 is 0 Å². The van der Waals surface area contributed by atoms with E-state index in [2.05, 4.69) is 5.32 Å². The van der Waals surface area contributed by atoms with Crippen molar-refractivity contribution < 1.29 is 27.9 Å². The minimum atomic E-state index is -3.90. The molecule has 146 valence electrons. The summed E-state index contributed by atoms with van der Waals surface area (Å²) >= 11 is 0. The number of hydrogen-bond acceptors (Lipinski definition) is 5. The molecule has 0 aromatic heterocycles. The molecule has 0 bridgehead atoms. The standard InChI is InChI=1S/C17H21N3O6S/c18-27(25,26)14-3-1-2-13(8-14)20-9-11(7-15(20)21)16(22)19-12-5-4-10(6-12)17(23)24/h1-3,8,10-12H,4-7,9H2,(H,19,22)(H,23,24)(H2,18,25,26)/t10-,11?,12+/m1/s1. The number of sulfonamides is 1. The Balaban J connectivity index is 1.65. The maximum atomic E-state index is 12.5. The number of hydrogen-bond donors (Lipinski definition) is 3. The third-order valence-electron chi connectivity index (χ3n) is 5.08. The zero-order valence-electron chi connectivity index (χ0n) is 14.5. The first-order valence-corrected chi connectivity index (χ1v) is 10.2. The molecule has 27 heavy (non-hydrogen) atoms. The number of benzene rings is 1. The van der Waals surface area contributed by atoms with Gasteiger partial charge in [-0.05, 0) is 37.5 Å². The number of anilines is 1. The van der Waals surface area contributed by atoms with Crippen molar-refractivity contribution in [1.29, 1.82) is 0 Å². The Bertz CT molecular complexity index is 884. The van der Waals surface area contributed by atoms with E-state index in [1.165, 1.54) is 23.1 Å². The van der Waals surface area contributed by atoms with E-state index in [0.717, 1.165) is 0 Å². The van der Waals surface area contributed by atoms with Crippen molar-refractivity contribution in [3.63, 3.8) is 0 Å². The van der Waals surface area contributed by atoms with E-state index in [1.807, 2.05) is 0 Å². The lowest BCUT2D eigenvalue weighted by molar-refractivity contribution is -0.141. The number of rotatable bonds is 5. The first-order chi connectivity index (χ1) is 12.6. The Hall–Kier alpha value is -2.46. The maximum absolute atomic E-state index is 12.5. The van der Waals surface area contributed by atoms with Crippen LogP contribution in [0.4, 0.5) is 5.69 Å². The summed E-state index contributed by atoms with van der Waals surface area (Å²) in [5.74, 6) is -2.44. The summed E-state index contributed by atoms with van der Waals surface area (Å²) in [6.45, 7) is 0.133. The van der Waals surface area contributed by atoms with Crippen LogP contribution in [0.5, 0.6) is 0 Å². The molecule has 2 fully saturated rings. The molecule has 1 saturated heterocycles. The van der Waals surface area contributed by atoms with Gasteiger partial charge in [0, 0.05) is 24.7 Å². The first kappa shape index (κ1) is 19.3. The Kier molecular flexibility index (Phi) is 5.20. The predicted octanol–water partition coefficient (Wildman–Crippen LogP) is 0.0564. The molecule has 1 aliphatic carbocycles. The van der Waals surface area contributed by atoms with Crippen molar-refractivity contribution >= 4 is 33.5 Å². The molecular formula is C17H21N3O6S. The lowest BCUT2D eigenvalue weighted by Crippen LogP contribution is -2.39. The number of nitrogens with two attached hydrogens (primary N) is 1. The summed E-state index contributed by atoms with van der Waals surface area (Å²) < 4.78 is 23.0. The van der Waals surface area contributed by atoms with Crippen molar-refractivity contribution in [2.45, 2.75) is 36.6 Å². The summed E-state index contributed by atoms with van der Waals surface area (Å²) in [6.07, 6.45) is 1.53. The van der Waals surface area contributed by atoms with E-state index in [4.69, 9.17) is 10.2 Å². The van der Waals surface area contributed by atoms with Gasteiger partial charge in [-0.15, -0.1) is 0 Å². The number of carboxylic acid groups (broad SMARTS) is 1. The van der Waals surface area contributed by atoms with Gasteiger partial charge >= 0.3 is 5.97 Å². The summed E-state index contributed by atoms with van der Waals surface area (Å²) in [4.78, 5) is 37.1.